The van der Waals surface area contributed by atoms with Crippen LogP contribution >= 0.6 is 0 Å². The van der Waals surface area contributed by atoms with Crippen LogP contribution in [0.3, 0.4) is 0 Å². The van der Waals surface area contributed by atoms with Crippen LogP contribution in [0.5, 0.6) is 0 Å². The van der Waals surface area contributed by atoms with Crippen LogP contribution in [-0.4, -0.2) is 22.9 Å². The van der Waals surface area contributed by atoms with E-state index >= 15 is 0 Å². The third-order valence-electron chi connectivity index (χ3n) is 3.84. The lowest BCUT2D eigenvalue weighted by Gasteiger charge is -2.17. The number of amides is 1. The number of benzene rings is 2. The van der Waals surface area contributed by atoms with Gasteiger partial charge in [0.2, 0.25) is 0 Å². The Labute approximate surface area is 161 Å². The van der Waals surface area contributed by atoms with Crippen LogP contribution in [0.1, 0.15) is 28.4 Å². The van der Waals surface area contributed by atoms with E-state index in [1.165, 1.54) is 19.1 Å². The molecule has 0 aliphatic carbocycles. The minimum Gasteiger partial charge on any atom is -0.449 e. The third kappa shape index (κ3) is 5.27. The minimum atomic E-state index is -4.98. The fourth-order valence-electron chi connectivity index (χ4n) is 2.23. The molecule has 1 atom stereocenters. The molecule has 2 rings (SSSR count). The first-order chi connectivity index (χ1) is 13.4. The lowest BCUT2D eigenvalue weighted by molar-refractivity contribution is -0.385. The maximum atomic E-state index is 13.5. The van der Waals surface area contributed by atoms with E-state index in [-0.39, 0.29) is 17.2 Å². The summed E-state index contributed by atoms with van der Waals surface area (Å²) in [6, 6.07) is 5.29. The van der Waals surface area contributed by atoms with Crippen molar-refractivity contribution in [3.8, 4) is 0 Å². The fourth-order valence-corrected chi connectivity index (χ4v) is 2.23. The van der Waals surface area contributed by atoms with Gasteiger partial charge in [-0.2, -0.15) is 13.2 Å². The zero-order valence-electron chi connectivity index (χ0n) is 15.0. The smallest absolute Gasteiger partial charge is 0.418 e. The van der Waals surface area contributed by atoms with E-state index in [0.29, 0.717) is 0 Å². The van der Waals surface area contributed by atoms with Crippen molar-refractivity contribution in [2.75, 3.05) is 5.32 Å². The van der Waals surface area contributed by atoms with Crippen LogP contribution in [0, 0.1) is 22.9 Å². The number of halogens is 4. The van der Waals surface area contributed by atoms with Crippen molar-refractivity contribution in [2.45, 2.75) is 26.1 Å². The number of non-ortho nitro benzene ring substituents is 1. The van der Waals surface area contributed by atoms with E-state index in [1.807, 2.05) is 5.32 Å². The molecule has 0 fully saturated rings. The van der Waals surface area contributed by atoms with Gasteiger partial charge in [0, 0.05) is 12.1 Å². The molecule has 0 spiro atoms. The van der Waals surface area contributed by atoms with Gasteiger partial charge in [0.15, 0.2) is 6.10 Å². The molecule has 1 unspecified atom stereocenters. The normalized spacial score (nSPS) is 12.2. The van der Waals surface area contributed by atoms with Gasteiger partial charge in [-0.05, 0) is 37.6 Å². The monoisotopic (exact) mass is 414 g/mol. The predicted octanol–water partition coefficient (Wildman–Crippen LogP) is 4.25. The van der Waals surface area contributed by atoms with Gasteiger partial charge in [-0.15, -0.1) is 0 Å². The van der Waals surface area contributed by atoms with Crippen molar-refractivity contribution >= 4 is 23.3 Å². The number of nitro groups is 1. The summed E-state index contributed by atoms with van der Waals surface area (Å²) in [4.78, 5) is 33.8. The lowest BCUT2D eigenvalue weighted by Crippen LogP contribution is -2.30. The number of hydrogen-bond acceptors (Lipinski definition) is 5. The number of carbonyl (C=O) groups excluding carboxylic acids is 2. The molecule has 0 saturated heterocycles. The first-order valence-electron chi connectivity index (χ1n) is 8.03. The Morgan fingerprint density at radius 1 is 1.17 bits per heavy atom. The van der Waals surface area contributed by atoms with Gasteiger partial charge in [0.25, 0.3) is 11.6 Å². The second-order valence-corrected chi connectivity index (χ2v) is 5.99. The summed E-state index contributed by atoms with van der Waals surface area (Å²) < 4.78 is 57.8. The zero-order valence-corrected chi connectivity index (χ0v) is 15.0. The minimum absolute atomic E-state index is 0.181. The Kier molecular flexibility index (Phi) is 6.20. The summed E-state index contributed by atoms with van der Waals surface area (Å²) in [5.74, 6) is -2.83. The van der Waals surface area contributed by atoms with Crippen LogP contribution in [0.4, 0.5) is 28.9 Å². The largest absolute Gasteiger partial charge is 0.449 e. The fraction of sp³-hybridized carbons (Fsp3) is 0.222. The van der Waals surface area contributed by atoms with E-state index in [2.05, 4.69) is 0 Å². The van der Waals surface area contributed by atoms with Crippen LogP contribution in [0.15, 0.2) is 36.4 Å². The first-order valence-corrected chi connectivity index (χ1v) is 8.03. The molecule has 0 heterocycles. The summed E-state index contributed by atoms with van der Waals surface area (Å²) in [6.07, 6.45) is -6.50. The van der Waals surface area contributed by atoms with Gasteiger partial charge >= 0.3 is 12.1 Å². The zero-order chi connectivity index (χ0) is 21.9. The van der Waals surface area contributed by atoms with Gasteiger partial charge < -0.3 is 10.1 Å². The number of anilines is 1. The maximum absolute atomic E-state index is 13.5. The number of alkyl halides is 3. The number of aryl methyl sites for hydroxylation is 1. The third-order valence-corrected chi connectivity index (χ3v) is 3.84. The average molecular weight is 414 g/mol. The maximum Gasteiger partial charge on any atom is 0.418 e. The van der Waals surface area contributed by atoms with Crippen molar-refractivity contribution in [2.24, 2.45) is 0 Å². The molecule has 0 bridgehead atoms. The highest BCUT2D eigenvalue weighted by Crippen LogP contribution is 2.37. The Bertz CT molecular complexity index is 975. The van der Waals surface area contributed by atoms with Crippen molar-refractivity contribution < 1.29 is 36.8 Å². The number of ether oxygens (including phenoxy) is 1. The molecule has 11 heteroatoms. The van der Waals surface area contributed by atoms with Crippen LogP contribution in [-0.2, 0) is 15.7 Å². The van der Waals surface area contributed by atoms with E-state index in [1.54, 1.807) is 0 Å². The summed E-state index contributed by atoms with van der Waals surface area (Å²) >= 11 is 0. The topological polar surface area (TPSA) is 98.5 Å². The number of nitrogens with one attached hydrogen (secondary N) is 1. The Morgan fingerprint density at radius 3 is 2.38 bits per heavy atom. The lowest BCUT2D eigenvalue weighted by atomic mass is 10.1. The van der Waals surface area contributed by atoms with Gasteiger partial charge in [0.1, 0.15) is 5.82 Å². The van der Waals surface area contributed by atoms with E-state index < -0.39 is 51.8 Å². The molecule has 29 heavy (non-hydrogen) atoms. The van der Waals surface area contributed by atoms with Crippen molar-refractivity contribution in [3.05, 3.63) is 69.0 Å². The number of nitro benzene ring substituents is 1. The number of rotatable bonds is 5. The van der Waals surface area contributed by atoms with Gasteiger partial charge in [-0.3, -0.25) is 14.9 Å². The van der Waals surface area contributed by atoms with Gasteiger partial charge in [0.05, 0.1) is 21.7 Å². The molecule has 0 aliphatic rings. The van der Waals surface area contributed by atoms with Crippen molar-refractivity contribution in [3.63, 3.8) is 0 Å². The summed E-state index contributed by atoms with van der Waals surface area (Å²) in [6.45, 7) is 2.58. The van der Waals surface area contributed by atoms with Gasteiger partial charge in [-0.25, -0.2) is 9.18 Å². The molecule has 0 aromatic heterocycles. The quantitative estimate of drug-likeness (QED) is 0.341. The van der Waals surface area contributed by atoms with Crippen LogP contribution < -0.4 is 5.32 Å². The Balaban J connectivity index is 2.17. The second-order valence-electron chi connectivity index (χ2n) is 5.99. The van der Waals surface area contributed by atoms with E-state index in [0.717, 1.165) is 25.1 Å². The highest BCUT2D eigenvalue weighted by atomic mass is 19.4. The second kappa shape index (κ2) is 8.25. The number of nitrogens with zero attached hydrogens (tertiary/aromatic N) is 1. The average Bonchev–Trinajstić information content (AvgIpc) is 2.62. The summed E-state index contributed by atoms with van der Waals surface area (Å²) in [5.41, 5.74) is -2.88. The molecule has 0 radical (unpaired) electrons. The standard InChI is InChI=1S/C18H14F4N2O5/c1-9-3-4-11(7-14(9)19)17(26)29-10(2)16(25)23-15-6-5-12(24(27)28)8-13(15)18(20,21)22/h3-8,10H,1-2H3,(H,23,25). The molecular weight excluding hydrogens is 400 g/mol. The number of hydrogen-bond donors (Lipinski definition) is 1. The highest BCUT2D eigenvalue weighted by molar-refractivity contribution is 5.98. The van der Waals surface area contributed by atoms with E-state index in [4.69, 9.17) is 4.74 Å². The molecular formula is C18H14F4N2O5. The van der Waals surface area contributed by atoms with Gasteiger partial charge in [-0.1, -0.05) is 6.07 Å². The van der Waals surface area contributed by atoms with E-state index in [9.17, 15) is 37.3 Å². The highest BCUT2D eigenvalue weighted by Gasteiger charge is 2.36. The first kappa shape index (κ1) is 21.8. The molecule has 1 amide bonds. The van der Waals surface area contributed by atoms with Crippen LogP contribution in [0.2, 0.25) is 0 Å². The molecule has 2 aromatic rings. The summed E-state index contributed by atoms with van der Waals surface area (Å²) in [5, 5.41) is 12.6. The molecule has 1 N–H and O–H groups in total. The van der Waals surface area contributed by atoms with Crippen molar-refractivity contribution in [1.82, 2.24) is 0 Å². The number of carbonyl (C=O) groups is 2. The molecule has 7 nitrogen and oxygen atoms in total. The number of esters is 1. The van der Waals surface area contributed by atoms with Crippen LogP contribution in [0.25, 0.3) is 0 Å². The molecule has 0 saturated carbocycles. The summed E-state index contributed by atoms with van der Waals surface area (Å²) in [7, 11) is 0. The Morgan fingerprint density at radius 2 is 1.83 bits per heavy atom. The molecule has 0 aliphatic heterocycles. The Hall–Kier alpha value is -3.50. The molecule has 2 aromatic carbocycles. The predicted molar refractivity (Wildman–Crippen MR) is 92.7 cm³/mol. The van der Waals surface area contributed by atoms with Crippen molar-refractivity contribution in [1.29, 1.82) is 0 Å². The molecule has 154 valence electrons. The SMILES string of the molecule is Cc1ccc(C(=O)OC(C)C(=O)Nc2ccc([N+](=O)[O-])cc2C(F)(F)F)cc1F.